The Morgan fingerprint density at radius 3 is 2.81 bits per heavy atom. The van der Waals surface area contributed by atoms with Gasteiger partial charge in [0.1, 0.15) is 0 Å². The second-order valence-electron chi connectivity index (χ2n) is 7.30. The first-order valence-electron chi connectivity index (χ1n) is 9.96. The Morgan fingerprint density at radius 1 is 1.23 bits per heavy atom. The van der Waals surface area contributed by atoms with Crippen LogP contribution < -0.4 is 10.0 Å². The Morgan fingerprint density at radius 2 is 2.06 bits per heavy atom. The molecule has 0 radical (unpaired) electrons. The molecule has 2 N–H and O–H groups in total. The summed E-state index contributed by atoms with van der Waals surface area (Å²) in [6, 6.07) is 13.4. The Kier molecular flexibility index (Phi) is 6.47. The third kappa shape index (κ3) is 5.37. The van der Waals surface area contributed by atoms with Gasteiger partial charge in [0.15, 0.2) is 0 Å². The first kappa shape index (κ1) is 21.6. The number of sulfonamides is 1. The van der Waals surface area contributed by atoms with E-state index in [1.165, 1.54) is 12.1 Å². The van der Waals surface area contributed by atoms with Gasteiger partial charge in [-0.25, -0.2) is 18.1 Å². The fraction of sp³-hybridized carbons (Fsp3) is 0.273. The number of aryl methyl sites for hydroxylation is 1. The number of amides is 1. The molecule has 1 unspecified atom stereocenters. The standard InChI is InChI=1S/C22H23N3O4S2/c1-15-24-21(14-30-15)16-5-2-7-18(11-16)25-22(26)17-6-3-9-20(12-17)31(27,28)23-13-19-8-4-10-29-19/h2-3,5-7,9,11-12,14,19,23H,4,8,10,13H2,1H3,(H,25,26). The number of hydrogen-bond acceptors (Lipinski definition) is 6. The molecule has 1 aliphatic rings. The van der Waals surface area contributed by atoms with E-state index in [4.69, 9.17) is 4.74 Å². The van der Waals surface area contributed by atoms with Gasteiger partial charge in [0.05, 0.1) is 21.7 Å². The fourth-order valence-corrected chi connectivity index (χ4v) is 5.09. The Balaban J connectivity index is 1.47. The monoisotopic (exact) mass is 457 g/mol. The molecule has 1 atom stereocenters. The lowest BCUT2D eigenvalue weighted by Gasteiger charge is -2.12. The average Bonchev–Trinajstić information content (AvgIpc) is 3.44. The second-order valence-corrected chi connectivity index (χ2v) is 10.1. The van der Waals surface area contributed by atoms with Gasteiger partial charge in [0.25, 0.3) is 5.91 Å². The number of hydrogen-bond donors (Lipinski definition) is 2. The molecule has 0 aliphatic carbocycles. The van der Waals surface area contributed by atoms with Crippen LogP contribution in [-0.2, 0) is 14.8 Å². The largest absolute Gasteiger partial charge is 0.377 e. The number of rotatable bonds is 7. The summed E-state index contributed by atoms with van der Waals surface area (Å²) in [5.41, 5.74) is 2.62. The van der Waals surface area contributed by atoms with E-state index in [-0.39, 0.29) is 29.0 Å². The molecule has 1 saturated heterocycles. The number of carbonyl (C=O) groups is 1. The van der Waals surface area contributed by atoms with E-state index in [2.05, 4.69) is 15.0 Å². The number of carbonyl (C=O) groups excluding carboxylic acids is 1. The van der Waals surface area contributed by atoms with Crippen molar-refractivity contribution in [3.8, 4) is 11.3 Å². The summed E-state index contributed by atoms with van der Waals surface area (Å²) < 4.78 is 33.3. The number of anilines is 1. The molecule has 0 spiro atoms. The van der Waals surface area contributed by atoms with E-state index >= 15 is 0 Å². The molecule has 2 heterocycles. The minimum absolute atomic E-state index is 0.0462. The maximum Gasteiger partial charge on any atom is 0.255 e. The highest BCUT2D eigenvalue weighted by molar-refractivity contribution is 7.89. The smallest absolute Gasteiger partial charge is 0.255 e. The molecular weight excluding hydrogens is 434 g/mol. The van der Waals surface area contributed by atoms with Crippen molar-refractivity contribution >= 4 is 33.0 Å². The van der Waals surface area contributed by atoms with E-state index < -0.39 is 10.0 Å². The van der Waals surface area contributed by atoms with Gasteiger partial charge < -0.3 is 10.1 Å². The van der Waals surface area contributed by atoms with E-state index in [1.807, 2.05) is 30.5 Å². The zero-order chi connectivity index (χ0) is 21.8. The zero-order valence-corrected chi connectivity index (χ0v) is 18.6. The Bertz CT molecular complexity index is 1180. The molecular formula is C22H23N3O4S2. The van der Waals surface area contributed by atoms with Crippen LogP contribution in [0.4, 0.5) is 5.69 Å². The van der Waals surface area contributed by atoms with Crippen LogP contribution in [0.25, 0.3) is 11.3 Å². The number of nitrogens with zero attached hydrogens (tertiary/aromatic N) is 1. The molecule has 9 heteroatoms. The van der Waals surface area contributed by atoms with Crippen LogP contribution in [0.3, 0.4) is 0 Å². The predicted molar refractivity (Wildman–Crippen MR) is 121 cm³/mol. The summed E-state index contributed by atoms with van der Waals surface area (Å²) in [6.07, 6.45) is 1.67. The summed E-state index contributed by atoms with van der Waals surface area (Å²) in [7, 11) is -3.73. The number of nitrogens with one attached hydrogen (secondary N) is 2. The van der Waals surface area contributed by atoms with Crippen molar-refractivity contribution in [3.63, 3.8) is 0 Å². The van der Waals surface area contributed by atoms with Gasteiger partial charge in [0, 0.05) is 35.3 Å². The van der Waals surface area contributed by atoms with Crippen LogP contribution in [0.15, 0.2) is 58.8 Å². The fourth-order valence-electron chi connectivity index (χ4n) is 3.35. The van der Waals surface area contributed by atoms with Crippen LogP contribution in [0.2, 0.25) is 0 Å². The van der Waals surface area contributed by atoms with Gasteiger partial charge in [-0.3, -0.25) is 4.79 Å². The third-order valence-corrected chi connectivity index (χ3v) is 7.16. The van der Waals surface area contributed by atoms with Crippen molar-refractivity contribution in [2.45, 2.75) is 30.8 Å². The maximum atomic E-state index is 12.8. The van der Waals surface area contributed by atoms with Crippen molar-refractivity contribution in [2.75, 3.05) is 18.5 Å². The predicted octanol–water partition coefficient (Wildman–Crippen LogP) is 3.83. The molecule has 4 rings (SSSR count). The Labute approximate surface area is 185 Å². The van der Waals surface area contributed by atoms with Crippen LogP contribution in [0, 0.1) is 6.92 Å². The lowest BCUT2D eigenvalue weighted by atomic mass is 10.1. The average molecular weight is 458 g/mol. The van der Waals surface area contributed by atoms with Gasteiger partial charge in [-0.05, 0) is 50.1 Å². The highest BCUT2D eigenvalue weighted by atomic mass is 32.2. The zero-order valence-electron chi connectivity index (χ0n) is 17.0. The van der Waals surface area contributed by atoms with E-state index in [0.29, 0.717) is 12.3 Å². The maximum absolute atomic E-state index is 12.8. The molecule has 1 amide bonds. The molecule has 1 aliphatic heterocycles. The SMILES string of the molecule is Cc1nc(-c2cccc(NC(=O)c3cccc(S(=O)(=O)NCC4CCCO4)c3)c2)cs1. The van der Waals surface area contributed by atoms with E-state index in [9.17, 15) is 13.2 Å². The van der Waals surface area contributed by atoms with E-state index in [0.717, 1.165) is 29.1 Å². The molecule has 2 aromatic carbocycles. The number of ether oxygens (including phenoxy) is 1. The van der Waals surface area contributed by atoms with Gasteiger partial charge in [-0.15, -0.1) is 11.3 Å². The van der Waals surface area contributed by atoms with Crippen molar-refractivity contribution < 1.29 is 17.9 Å². The third-order valence-electron chi connectivity index (χ3n) is 4.97. The van der Waals surface area contributed by atoms with E-state index in [1.54, 1.807) is 29.5 Å². The van der Waals surface area contributed by atoms with Crippen molar-refractivity contribution in [2.24, 2.45) is 0 Å². The van der Waals surface area contributed by atoms with Crippen LogP contribution in [-0.4, -0.2) is 38.6 Å². The summed E-state index contributed by atoms with van der Waals surface area (Å²) in [5, 5.41) is 5.77. The minimum Gasteiger partial charge on any atom is -0.377 e. The summed E-state index contributed by atoms with van der Waals surface area (Å²) in [4.78, 5) is 17.3. The summed E-state index contributed by atoms with van der Waals surface area (Å²) >= 11 is 1.56. The van der Waals surface area contributed by atoms with Crippen LogP contribution in [0.1, 0.15) is 28.2 Å². The Hall–Kier alpha value is -2.59. The lowest BCUT2D eigenvalue weighted by Crippen LogP contribution is -2.32. The quantitative estimate of drug-likeness (QED) is 0.562. The summed E-state index contributed by atoms with van der Waals surface area (Å²) in [6.45, 7) is 2.82. The highest BCUT2D eigenvalue weighted by Gasteiger charge is 2.21. The molecule has 162 valence electrons. The van der Waals surface area contributed by atoms with Crippen LogP contribution in [0.5, 0.6) is 0 Å². The molecule has 1 fully saturated rings. The number of aromatic nitrogens is 1. The number of benzene rings is 2. The molecule has 31 heavy (non-hydrogen) atoms. The molecule has 3 aromatic rings. The second kappa shape index (κ2) is 9.27. The molecule has 7 nitrogen and oxygen atoms in total. The lowest BCUT2D eigenvalue weighted by molar-refractivity contribution is 0.102. The highest BCUT2D eigenvalue weighted by Crippen LogP contribution is 2.24. The van der Waals surface area contributed by atoms with Gasteiger partial charge >= 0.3 is 0 Å². The number of thiazole rings is 1. The summed E-state index contributed by atoms with van der Waals surface area (Å²) in [5.74, 6) is -0.386. The first-order chi connectivity index (χ1) is 14.9. The van der Waals surface area contributed by atoms with Crippen molar-refractivity contribution in [1.29, 1.82) is 0 Å². The topological polar surface area (TPSA) is 97.4 Å². The molecule has 0 saturated carbocycles. The van der Waals surface area contributed by atoms with Crippen molar-refractivity contribution in [3.05, 3.63) is 64.5 Å². The van der Waals surface area contributed by atoms with Gasteiger partial charge in [0.2, 0.25) is 10.0 Å². The van der Waals surface area contributed by atoms with Gasteiger partial charge in [-0.1, -0.05) is 18.2 Å². The van der Waals surface area contributed by atoms with Crippen molar-refractivity contribution in [1.82, 2.24) is 9.71 Å². The van der Waals surface area contributed by atoms with Crippen LogP contribution >= 0.6 is 11.3 Å². The normalized spacial score (nSPS) is 16.4. The molecule has 0 bridgehead atoms. The molecule has 1 aromatic heterocycles. The van der Waals surface area contributed by atoms with Gasteiger partial charge in [-0.2, -0.15) is 0 Å². The first-order valence-corrected chi connectivity index (χ1v) is 12.3. The minimum atomic E-state index is -3.73.